The van der Waals surface area contributed by atoms with Crippen LogP contribution in [0.5, 0.6) is 5.75 Å². The number of ether oxygens (including phenoxy) is 1. The number of thiophene rings is 1. The van der Waals surface area contributed by atoms with Crippen LogP contribution in [0.2, 0.25) is 5.02 Å². The van der Waals surface area contributed by atoms with Crippen molar-refractivity contribution in [3.63, 3.8) is 0 Å². The van der Waals surface area contributed by atoms with E-state index in [1.54, 1.807) is 11.3 Å². The van der Waals surface area contributed by atoms with Gasteiger partial charge in [0.15, 0.2) is 0 Å². The first-order valence-corrected chi connectivity index (χ1v) is 7.58. The van der Waals surface area contributed by atoms with Crippen LogP contribution in [0.3, 0.4) is 0 Å². The van der Waals surface area contributed by atoms with E-state index in [9.17, 15) is 0 Å². The van der Waals surface area contributed by atoms with E-state index < -0.39 is 0 Å². The average Bonchev–Trinajstić information content (AvgIpc) is 2.90. The Hall–Kier alpha value is -1.03. The summed E-state index contributed by atoms with van der Waals surface area (Å²) in [5, 5.41) is 6.19. The quantitative estimate of drug-likeness (QED) is 0.796. The summed E-state index contributed by atoms with van der Waals surface area (Å²) < 4.78 is 5.67. The molecule has 19 heavy (non-hydrogen) atoms. The molecule has 4 heteroatoms. The van der Waals surface area contributed by atoms with Gasteiger partial charge in [-0.1, -0.05) is 23.7 Å². The van der Waals surface area contributed by atoms with Crippen molar-refractivity contribution in [3.05, 3.63) is 51.2 Å². The summed E-state index contributed by atoms with van der Waals surface area (Å²) in [5.74, 6) is 0.748. The minimum Gasteiger partial charge on any atom is -0.491 e. The predicted molar refractivity (Wildman–Crippen MR) is 82.4 cm³/mol. The van der Waals surface area contributed by atoms with E-state index in [0.29, 0.717) is 17.7 Å². The molecule has 0 saturated heterocycles. The lowest BCUT2D eigenvalue weighted by molar-refractivity contribution is 0.308. The zero-order valence-corrected chi connectivity index (χ0v) is 12.7. The van der Waals surface area contributed by atoms with Gasteiger partial charge in [0.2, 0.25) is 0 Å². The van der Waals surface area contributed by atoms with Gasteiger partial charge in [0, 0.05) is 17.5 Å². The van der Waals surface area contributed by atoms with Crippen molar-refractivity contribution in [1.82, 2.24) is 5.32 Å². The summed E-state index contributed by atoms with van der Waals surface area (Å²) in [5.41, 5.74) is 1.14. The second kappa shape index (κ2) is 6.94. The van der Waals surface area contributed by atoms with E-state index in [4.69, 9.17) is 16.3 Å². The topological polar surface area (TPSA) is 21.3 Å². The molecule has 1 N–H and O–H groups in total. The zero-order chi connectivity index (χ0) is 13.7. The Bertz CT molecular complexity index is 513. The lowest BCUT2D eigenvalue weighted by atomic mass is 10.2. The molecule has 1 aromatic heterocycles. The summed E-state index contributed by atoms with van der Waals surface area (Å²) >= 11 is 7.87. The molecule has 0 aliphatic rings. The molecule has 0 amide bonds. The van der Waals surface area contributed by atoms with Crippen LogP contribution in [0.25, 0.3) is 0 Å². The van der Waals surface area contributed by atoms with Crippen molar-refractivity contribution < 1.29 is 4.74 Å². The minimum absolute atomic E-state index is 0.358. The third-order valence-corrected chi connectivity index (χ3v) is 4.22. The van der Waals surface area contributed by atoms with Crippen molar-refractivity contribution in [2.45, 2.75) is 19.9 Å². The van der Waals surface area contributed by atoms with Gasteiger partial charge in [-0.15, -0.1) is 11.3 Å². The second-order valence-electron chi connectivity index (χ2n) is 4.47. The Morgan fingerprint density at radius 1 is 1.37 bits per heavy atom. The maximum atomic E-state index is 6.11. The summed E-state index contributed by atoms with van der Waals surface area (Å²) in [6.07, 6.45) is 0. The number of hydrogen-bond donors (Lipinski definition) is 1. The third kappa shape index (κ3) is 4.23. The first-order valence-electron chi connectivity index (χ1n) is 6.32. The fourth-order valence-electron chi connectivity index (χ4n) is 1.80. The van der Waals surface area contributed by atoms with E-state index in [-0.39, 0.29) is 0 Å². The van der Waals surface area contributed by atoms with Gasteiger partial charge >= 0.3 is 0 Å². The van der Waals surface area contributed by atoms with Crippen molar-refractivity contribution in [3.8, 4) is 5.75 Å². The van der Waals surface area contributed by atoms with Crippen molar-refractivity contribution in [1.29, 1.82) is 0 Å². The highest BCUT2D eigenvalue weighted by Crippen LogP contribution is 2.25. The number of benzene rings is 1. The Kier molecular flexibility index (Phi) is 5.25. The molecule has 0 radical (unpaired) electrons. The van der Waals surface area contributed by atoms with E-state index >= 15 is 0 Å². The first-order chi connectivity index (χ1) is 9.16. The van der Waals surface area contributed by atoms with Crippen LogP contribution in [0.15, 0.2) is 35.7 Å². The molecule has 102 valence electrons. The highest BCUT2D eigenvalue weighted by Gasteiger charge is 2.05. The number of hydrogen-bond acceptors (Lipinski definition) is 3. The molecule has 0 fully saturated rings. The number of halogens is 1. The summed E-state index contributed by atoms with van der Waals surface area (Å²) in [4.78, 5) is 1.34. The molecule has 1 atom stereocenters. The normalized spacial score (nSPS) is 12.4. The van der Waals surface area contributed by atoms with Crippen molar-refractivity contribution in [2.75, 3.05) is 13.2 Å². The Labute approximate surface area is 123 Å². The van der Waals surface area contributed by atoms with E-state index in [2.05, 4.69) is 29.8 Å². The highest BCUT2D eigenvalue weighted by molar-refractivity contribution is 7.10. The van der Waals surface area contributed by atoms with E-state index in [1.165, 1.54) is 4.88 Å². The molecule has 0 saturated carbocycles. The van der Waals surface area contributed by atoms with Gasteiger partial charge in [-0.25, -0.2) is 0 Å². The smallest absolute Gasteiger partial charge is 0.137 e. The number of aryl methyl sites for hydroxylation is 1. The molecule has 2 nitrogen and oxygen atoms in total. The molecule has 0 aliphatic heterocycles. The Morgan fingerprint density at radius 3 is 2.89 bits per heavy atom. The predicted octanol–water partition coefficient (Wildman–Crippen LogP) is 4.44. The molecule has 1 unspecified atom stereocenters. The van der Waals surface area contributed by atoms with Crippen LogP contribution < -0.4 is 10.1 Å². The lowest BCUT2D eigenvalue weighted by Gasteiger charge is -2.13. The fourth-order valence-corrected chi connectivity index (χ4v) is 2.85. The van der Waals surface area contributed by atoms with Gasteiger partial charge in [-0.05, 0) is 43.0 Å². The first kappa shape index (κ1) is 14.4. The molecule has 1 heterocycles. The van der Waals surface area contributed by atoms with E-state index in [1.807, 2.05) is 25.1 Å². The van der Waals surface area contributed by atoms with E-state index in [0.717, 1.165) is 17.9 Å². The lowest BCUT2D eigenvalue weighted by Crippen LogP contribution is -2.23. The zero-order valence-electron chi connectivity index (χ0n) is 11.2. The summed E-state index contributed by atoms with van der Waals surface area (Å²) in [7, 11) is 0. The maximum absolute atomic E-state index is 6.11. The monoisotopic (exact) mass is 295 g/mol. The molecule has 0 spiro atoms. The van der Waals surface area contributed by atoms with Crippen LogP contribution in [0, 0.1) is 6.92 Å². The average molecular weight is 296 g/mol. The largest absolute Gasteiger partial charge is 0.491 e. The standard InChI is InChI=1S/C15H18ClNOS/c1-11-5-6-14(13(16)10-11)18-8-7-17-12(2)15-4-3-9-19-15/h3-6,9-10,12,17H,7-8H2,1-2H3. The van der Waals surface area contributed by atoms with Gasteiger partial charge in [-0.3, -0.25) is 0 Å². The van der Waals surface area contributed by atoms with Gasteiger partial charge in [0.25, 0.3) is 0 Å². The van der Waals surface area contributed by atoms with Gasteiger partial charge in [-0.2, -0.15) is 0 Å². The van der Waals surface area contributed by atoms with Crippen molar-refractivity contribution in [2.24, 2.45) is 0 Å². The summed E-state index contributed by atoms with van der Waals surface area (Å²) in [6, 6.07) is 10.4. The molecule has 0 bridgehead atoms. The molecule has 1 aromatic carbocycles. The van der Waals surface area contributed by atoms with Crippen molar-refractivity contribution >= 4 is 22.9 Å². The molecule has 0 aliphatic carbocycles. The van der Waals surface area contributed by atoms with Crippen LogP contribution >= 0.6 is 22.9 Å². The molecular formula is C15H18ClNOS. The second-order valence-corrected chi connectivity index (χ2v) is 5.86. The Balaban J connectivity index is 1.75. The third-order valence-electron chi connectivity index (χ3n) is 2.87. The number of nitrogens with one attached hydrogen (secondary N) is 1. The maximum Gasteiger partial charge on any atom is 0.137 e. The van der Waals surface area contributed by atoms with Gasteiger partial charge < -0.3 is 10.1 Å². The number of rotatable bonds is 6. The SMILES string of the molecule is Cc1ccc(OCCNC(C)c2cccs2)c(Cl)c1. The molecular weight excluding hydrogens is 278 g/mol. The molecule has 2 rings (SSSR count). The molecule has 2 aromatic rings. The van der Waals surface area contributed by atoms with Gasteiger partial charge in [0.05, 0.1) is 5.02 Å². The van der Waals surface area contributed by atoms with Crippen LogP contribution in [-0.2, 0) is 0 Å². The van der Waals surface area contributed by atoms with Gasteiger partial charge in [0.1, 0.15) is 12.4 Å². The minimum atomic E-state index is 0.358. The Morgan fingerprint density at radius 2 is 2.21 bits per heavy atom. The highest BCUT2D eigenvalue weighted by atomic mass is 35.5. The van der Waals surface area contributed by atoms with Crippen LogP contribution in [0.1, 0.15) is 23.4 Å². The fraction of sp³-hybridized carbons (Fsp3) is 0.333. The summed E-state index contributed by atoms with van der Waals surface area (Å²) in [6.45, 7) is 5.58. The van der Waals surface area contributed by atoms with Crippen LogP contribution in [0.4, 0.5) is 0 Å². The van der Waals surface area contributed by atoms with Crippen LogP contribution in [-0.4, -0.2) is 13.2 Å².